The number of imidazole rings is 1. The van der Waals surface area contributed by atoms with Crippen LogP contribution in [0.2, 0.25) is 5.02 Å². The zero-order valence-electron chi connectivity index (χ0n) is 11.6. The molecule has 0 aliphatic heterocycles. The number of para-hydroxylation sites is 1. The van der Waals surface area contributed by atoms with E-state index in [1.807, 2.05) is 0 Å². The molecule has 0 aliphatic carbocycles. The summed E-state index contributed by atoms with van der Waals surface area (Å²) in [6.45, 7) is 0. The molecule has 9 heteroatoms. The average molecular weight is 371 g/mol. The van der Waals surface area contributed by atoms with Crippen molar-refractivity contribution in [3.8, 4) is 16.9 Å². The normalized spacial score (nSPS) is 12.0. The van der Waals surface area contributed by atoms with Crippen molar-refractivity contribution in [2.45, 2.75) is 5.16 Å². The summed E-state index contributed by atoms with van der Waals surface area (Å²) in [6.07, 6.45) is 0. The number of aromatic hydroxyl groups is 1. The molecule has 1 heterocycles. The Morgan fingerprint density at radius 1 is 1.22 bits per heavy atom. The third kappa shape index (κ3) is 3.71. The number of hydrogen-bond donors (Lipinski definition) is 4. The summed E-state index contributed by atoms with van der Waals surface area (Å²) in [5, 5.41) is 10.8. The molecule has 3 rings (SSSR count). The molecule has 0 fully saturated rings. The van der Waals surface area contributed by atoms with Gasteiger partial charge in [0.1, 0.15) is 11.2 Å². The SMILES string of the molecule is O=P(O)(O)CSc1nc2cc(-c3ccccc3O)c(Cl)cc2[nH]1. The Bertz CT molecular complexity index is 924. The molecule has 0 saturated carbocycles. The zero-order chi connectivity index (χ0) is 16.6. The number of H-pyrrole nitrogens is 1. The van der Waals surface area contributed by atoms with Crippen LogP contribution in [0.3, 0.4) is 0 Å². The Balaban J connectivity index is 2.01. The minimum Gasteiger partial charge on any atom is -0.507 e. The number of thioether (sulfide) groups is 1. The molecular weight excluding hydrogens is 359 g/mol. The van der Waals surface area contributed by atoms with Crippen molar-refractivity contribution >= 4 is 42.0 Å². The first-order valence-corrected chi connectivity index (χ1v) is 9.64. The number of benzene rings is 2. The Morgan fingerprint density at radius 3 is 2.65 bits per heavy atom. The number of aromatic nitrogens is 2. The number of aromatic amines is 1. The van der Waals surface area contributed by atoms with Crippen LogP contribution in [-0.2, 0) is 4.57 Å². The van der Waals surface area contributed by atoms with Crippen molar-refractivity contribution in [3.63, 3.8) is 0 Å². The highest BCUT2D eigenvalue weighted by atomic mass is 35.5. The van der Waals surface area contributed by atoms with Crippen molar-refractivity contribution in [3.05, 3.63) is 41.4 Å². The molecule has 0 saturated heterocycles. The summed E-state index contributed by atoms with van der Waals surface area (Å²) < 4.78 is 10.9. The highest BCUT2D eigenvalue weighted by molar-refractivity contribution is 8.04. The van der Waals surface area contributed by atoms with Gasteiger partial charge in [0.25, 0.3) is 0 Å². The van der Waals surface area contributed by atoms with Gasteiger partial charge in [-0.25, -0.2) is 4.98 Å². The second-order valence-electron chi connectivity index (χ2n) is 4.85. The molecule has 0 radical (unpaired) electrons. The summed E-state index contributed by atoms with van der Waals surface area (Å²) in [6, 6.07) is 10.2. The monoisotopic (exact) mass is 370 g/mol. The predicted molar refractivity (Wildman–Crippen MR) is 91.0 cm³/mol. The summed E-state index contributed by atoms with van der Waals surface area (Å²) in [5.74, 6) is 0.111. The number of halogens is 1. The Labute approximate surface area is 140 Å². The van der Waals surface area contributed by atoms with Crippen LogP contribution in [0.1, 0.15) is 0 Å². The average Bonchev–Trinajstić information content (AvgIpc) is 2.86. The van der Waals surface area contributed by atoms with Crippen molar-refractivity contribution in [2.75, 3.05) is 5.49 Å². The highest BCUT2D eigenvalue weighted by Crippen LogP contribution is 2.41. The fourth-order valence-electron chi connectivity index (χ4n) is 2.13. The van der Waals surface area contributed by atoms with E-state index >= 15 is 0 Å². The molecule has 1 aromatic heterocycles. The number of rotatable bonds is 4. The zero-order valence-corrected chi connectivity index (χ0v) is 14.1. The van der Waals surface area contributed by atoms with Gasteiger partial charge in [0.05, 0.1) is 16.1 Å². The molecule has 0 atom stereocenters. The number of phenolic OH excluding ortho intramolecular Hbond substituents is 1. The van der Waals surface area contributed by atoms with E-state index < -0.39 is 7.60 Å². The molecule has 0 aliphatic rings. The molecule has 120 valence electrons. The van der Waals surface area contributed by atoms with Gasteiger partial charge in [0.2, 0.25) is 0 Å². The van der Waals surface area contributed by atoms with Gasteiger partial charge >= 0.3 is 7.60 Å². The molecule has 3 aromatic rings. The molecule has 0 unspecified atom stereocenters. The topological polar surface area (TPSA) is 106 Å². The summed E-state index contributed by atoms with van der Waals surface area (Å²) in [7, 11) is -4.10. The molecule has 23 heavy (non-hydrogen) atoms. The molecular formula is C14H12ClN2O4PS. The van der Waals surface area contributed by atoms with Gasteiger partial charge in [-0.15, -0.1) is 0 Å². The smallest absolute Gasteiger partial charge is 0.335 e. The lowest BCUT2D eigenvalue weighted by molar-refractivity contribution is 0.379. The van der Waals surface area contributed by atoms with Crippen LogP contribution in [0, 0.1) is 0 Å². The quantitative estimate of drug-likeness (QED) is 0.411. The van der Waals surface area contributed by atoms with E-state index in [2.05, 4.69) is 9.97 Å². The number of fused-ring (bicyclic) bond motifs is 1. The maximum absolute atomic E-state index is 10.9. The van der Waals surface area contributed by atoms with Gasteiger partial charge in [-0.05, 0) is 18.2 Å². The predicted octanol–water partition coefficient (Wildman–Crippen LogP) is 3.82. The Morgan fingerprint density at radius 2 is 1.96 bits per heavy atom. The van der Waals surface area contributed by atoms with E-state index in [0.29, 0.717) is 32.3 Å². The van der Waals surface area contributed by atoms with Crippen LogP contribution in [0.15, 0.2) is 41.6 Å². The number of nitrogens with one attached hydrogen (secondary N) is 1. The second-order valence-corrected chi connectivity index (χ2v) is 8.29. The van der Waals surface area contributed by atoms with E-state index in [0.717, 1.165) is 11.8 Å². The number of nitrogens with zero attached hydrogens (tertiary/aromatic N) is 1. The fraction of sp³-hybridized carbons (Fsp3) is 0.0714. The first-order valence-electron chi connectivity index (χ1n) is 6.48. The van der Waals surface area contributed by atoms with Crippen LogP contribution < -0.4 is 0 Å². The standard InChI is InChI=1S/C14H12ClN2O4PS/c15-10-6-12-11(16-14(17-12)23-7-22(19,20)21)5-9(10)8-3-1-2-4-13(8)18/h1-6,18H,7H2,(H,16,17)(H2,19,20,21). The van der Waals surface area contributed by atoms with E-state index in [9.17, 15) is 9.67 Å². The summed E-state index contributed by atoms with van der Waals surface area (Å²) in [4.78, 5) is 25.1. The van der Waals surface area contributed by atoms with Gasteiger partial charge in [-0.2, -0.15) is 0 Å². The van der Waals surface area contributed by atoms with Gasteiger partial charge < -0.3 is 19.9 Å². The minimum atomic E-state index is -4.10. The van der Waals surface area contributed by atoms with Crippen molar-refractivity contribution in [1.82, 2.24) is 9.97 Å². The van der Waals surface area contributed by atoms with Crippen molar-refractivity contribution in [2.24, 2.45) is 0 Å². The van der Waals surface area contributed by atoms with Crippen molar-refractivity contribution in [1.29, 1.82) is 0 Å². The van der Waals surface area contributed by atoms with Crippen LogP contribution in [0.4, 0.5) is 0 Å². The second kappa shape index (κ2) is 6.19. The lowest BCUT2D eigenvalue weighted by Gasteiger charge is -2.06. The van der Waals surface area contributed by atoms with Crippen LogP contribution in [0.5, 0.6) is 5.75 Å². The third-order valence-electron chi connectivity index (χ3n) is 3.11. The summed E-state index contributed by atoms with van der Waals surface area (Å²) in [5.41, 5.74) is 2.12. The third-order valence-corrected chi connectivity index (χ3v) is 5.75. The van der Waals surface area contributed by atoms with Gasteiger partial charge in [0.15, 0.2) is 5.16 Å². The van der Waals surface area contributed by atoms with Gasteiger partial charge in [0, 0.05) is 11.1 Å². The molecule has 2 aromatic carbocycles. The number of phenols is 1. The maximum Gasteiger partial charge on any atom is 0.335 e. The number of hydrogen-bond acceptors (Lipinski definition) is 4. The lowest BCUT2D eigenvalue weighted by Crippen LogP contribution is -1.83. The van der Waals surface area contributed by atoms with Crippen LogP contribution in [-0.4, -0.2) is 30.4 Å². The largest absolute Gasteiger partial charge is 0.507 e. The molecule has 0 spiro atoms. The van der Waals surface area contributed by atoms with Crippen molar-refractivity contribution < 1.29 is 19.5 Å². The van der Waals surface area contributed by atoms with E-state index in [-0.39, 0.29) is 11.2 Å². The first kappa shape index (κ1) is 16.4. The maximum atomic E-state index is 10.9. The highest BCUT2D eigenvalue weighted by Gasteiger charge is 2.16. The Kier molecular flexibility index (Phi) is 4.40. The van der Waals surface area contributed by atoms with Gasteiger partial charge in [-0.3, -0.25) is 4.57 Å². The van der Waals surface area contributed by atoms with E-state index in [1.165, 1.54) is 0 Å². The molecule has 0 amide bonds. The first-order chi connectivity index (χ1) is 10.8. The minimum absolute atomic E-state index is 0.111. The lowest BCUT2D eigenvalue weighted by atomic mass is 10.0. The van der Waals surface area contributed by atoms with E-state index in [1.54, 1.807) is 36.4 Å². The van der Waals surface area contributed by atoms with Crippen LogP contribution in [0.25, 0.3) is 22.2 Å². The Hall–Kier alpha value is -1.50. The molecule has 6 nitrogen and oxygen atoms in total. The molecule has 4 N–H and O–H groups in total. The van der Waals surface area contributed by atoms with E-state index in [4.69, 9.17) is 21.4 Å². The van der Waals surface area contributed by atoms with Gasteiger partial charge in [-0.1, -0.05) is 41.6 Å². The fourth-order valence-corrected chi connectivity index (χ4v) is 3.90. The summed E-state index contributed by atoms with van der Waals surface area (Å²) >= 11 is 7.22. The molecule has 0 bridgehead atoms. The van der Waals surface area contributed by atoms with Crippen LogP contribution >= 0.6 is 31.0 Å².